The summed E-state index contributed by atoms with van der Waals surface area (Å²) in [6, 6.07) is 10.9. The average Bonchev–Trinajstić information content (AvgIpc) is 3.48. The zero-order chi connectivity index (χ0) is 27.7. The monoisotopic (exact) mass is 550 g/mol. The fraction of sp³-hybridized carbons (Fsp3) is 0.423. The summed E-state index contributed by atoms with van der Waals surface area (Å²) in [7, 11) is -5.82. The second-order valence-electron chi connectivity index (χ2n) is 9.35. The zero-order valence-corrected chi connectivity index (χ0v) is 21.2. The molecule has 202 valence electrons. The molecular formula is C26H25F3N2O6S. The maximum absolute atomic E-state index is 13.3. The summed E-state index contributed by atoms with van der Waals surface area (Å²) in [5.41, 5.74) is -3.22. The number of nitriles is 1. The van der Waals surface area contributed by atoms with E-state index in [0.717, 1.165) is 11.1 Å². The number of carbonyl (C=O) groups excluding carboxylic acids is 2. The number of esters is 1. The Morgan fingerprint density at radius 1 is 1.21 bits per heavy atom. The maximum Gasteiger partial charge on any atom is 0.534 e. The lowest BCUT2D eigenvalue weighted by atomic mass is 9.94. The van der Waals surface area contributed by atoms with Crippen molar-refractivity contribution in [1.29, 1.82) is 5.26 Å². The molecule has 1 fully saturated rings. The van der Waals surface area contributed by atoms with Crippen LogP contribution in [0, 0.1) is 17.2 Å². The average molecular weight is 551 g/mol. The third-order valence-corrected chi connectivity index (χ3v) is 7.95. The van der Waals surface area contributed by atoms with Crippen molar-refractivity contribution < 1.29 is 40.1 Å². The van der Waals surface area contributed by atoms with E-state index in [4.69, 9.17) is 4.74 Å². The number of halogens is 3. The van der Waals surface area contributed by atoms with Gasteiger partial charge in [0.25, 0.3) is 0 Å². The fourth-order valence-electron chi connectivity index (χ4n) is 5.03. The number of ether oxygens (including phenoxy) is 1. The lowest BCUT2D eigenvalue weighted by molar-refractivity contribution is -0.143. The molecule has 2 aliphatic carbocycles. The van der Waals surface area contributed by atoms with Gasteiger partial charge in [-0.2, -0.15) is 26.9 Å². The third-order valence-electron chi connectivity index (χ3n) is 6.97. The Hall–Kier alpha value is -3.59. The van der Waals surface area contributed by atoms with Crippen molar-refractivity contribution in [3.05, 3.63) is 58.7 Å². The predicted octanol–water partition coefficient (Wildman–Crippen LogP) is 4.52. The first-order valence-electron chi connectivity index (χ1n) is 12.0. The number of anilines is 1. The van der Waals surface area contributed by atoms with Crippen LogP contribution in [0.3, 0.4) is 0 Å². The molecule has 2 aromatic rings. The molecule has 0 heterocycles. The number of benzene rings is 2. The lowest BCUT2D eigenvalue weighted by Gasteiger charge is -2.16. The number of nitrogens with one attached hydrogen (secondary N) is 1. The molecule has 0 aliphatic heterocycles. The number of rotatable bonds is 9. The number of aryl methyl sites for hydroxylation is 2. The molecule has 2 atom stereocenters. The van der Waals surface area contributed by atoms with E-state index in [1.54, 1.807) is 25.1 Å². The van der Waals surface area contributed by atoms with Gasteiger partial charge in [0.1, 0.15) is 5.75 Å². The number of alkyl halides is 3. The van der Waals surface area contributed by atoms with Crippen LogP contribution in [0.4, 0.5) is 18.9 Å². The molecule has 2 unspecified atom stereocenters. The highest BCUT2D eigenvalue weighted by Gasteiger charge is 2.61. The van der Waals surface area contributed by atoms with E-state index in [1.807, 2.05) is 6.07 Å². The van der Waals surface area contributed by atoms with Crippen molar-refractivity contribution in [2.45, 2.75) is 56.4 Å². The van der Waals surface area contributed by atoms with E-state index in [2.05, 4.69) is 9.50 Å². The first-order valence-corrected chi connectivity index (χ1v) is 13.4. The molecule has 2 aliphatic rings. The molecule has 8 nitrogen and oxygen atoms in total. The lowest BCUT2D eigenvalue weighted by Crippen LogP contribution is -2.28. The molecule has 1 spiro atoms. The number of fused-ring (bicyclic) bond motifs is 2. The molecule has 12 heteroatoms. The van der Waals surface area contributed by atoms with Gasteiger partial charge in [-0.1, -0.05) is 12.1 Å². The smallest absolute Gasteiger partial charge is 0.466 e. The highest BCUT2D eigenvalue weighted by Crippen LogP contribution is 2.62. The van der Waals surface area contributed by atoms with Gasteiger partial charge in [-0.15, -0.1) is 0 Å². The maximum atomic E-state index is 13.3. The summed E-state index contributed by atoms with van der Waals surface area (Å²) in [4.78, 5) is 24.9. The molecule has 4 rings (SSSR count). The Labute approximate surface area is 217 Å². The van der Waals surface area contributed by atoms with Crippen LogP contribution in [0.15, 0.2) is 36.4 Å². The van der Waals surface area contributed by atoms with Crippen molar-refractivity contribution in [2.24, 2.45) is 5.92 Å². The van der Waals surface area contributed by atoms with Crippen molar-refractivity contribution in [3.8, 4) is 11.8 Å². The largest absolute Gasteiger partial charge is 0.534 e. The molecule has 0 saturated heterocycles. The molecule has 38 heavy (non-hydrogen) atoms. The summed E-state index contributed by atoms with van der Waals surface area (Å²) in [6.45, 7) is 2.01. The van der Waals surface area contributed by atoms with Crippen LogP contribution in [0.25, 0.3) is 0 Å². The van der Waals surface area contributed by atoms with Gasteiger partial charge in [-0.05, 0) is 80.0 Å². The molecule has 1 N–H and O–H groups in total. The normalized spacial score (nSPS) is 19.9. The van der Waals surface area contributed by atoms with Crippen molar-refractivity contribution in [2.75, 3.05) is 11.9 Å². The first-order chi connectivity index (χ1) is 17.9. The number of hydrogen-bond donors (Lipinski definition) is 1. The molecule has 1 saturated carbocycles. The molecule has 1 amide bonds. The number of nitrogens with zero attached hydrogens (tertiary/aromatic N) is 1. The van der Waals surface area contributed by atoms with Crippen LogP contribution < -0.4 is 9.50 Å². The topological polar surface area (TPSA) is 123 Å². The number of carbonyl (C=O) groups is 2. The second kappa shape index (κ2) is 10.3. The molecule has 0 aromatic heterocycles. The van der Waals surface area contributed by atoms with Gasteiger partial charge in [0.2, 0.25) is 5.91 Å². The van der Waals surface area contributed by atoms with Crippen molar-refractivity contribution in [1.82, 2.24) is 0 Å². The van der Waals surface area contributed by atoms with Crippen LogP contribution >= 0.6 is 0 Å². The highest BCUT2D eigenvalue weighted by molar-refractivity contribution is 7.88. The first kappa shape index (κ1) is 27.4. The van der Waals surface area contributed by atoms with E-state index in [0.29, 0.717) is 48.9 Å². The van der Waals surface area contributed by atoms with Crippen molar-refractivity contribution in [3.63, 3.8) is 0 Å². The number of hydrogen-bond acceptors (Lipinski definition) is 7. The summed E-state index contributed by atoms with van der Waals surface area (Å²) in [6.07, 6.45) is 2.77. The summed E-state index contributed by atoms with van der Waals surface area (Å²) < 4.78 is 70.4. The molecular weight excluding hydrogens is 525 g/mol. The quantitative estimate of drug-likeness (QED) is 0.277. The predicted molar refractivity (Wildman–Crippen MR) is 130 cm³/mol. The minimum Gasteiger partial charge on any atom is -0.466 e. The standard InChI is InChI=1S/C26H25F3N2O6S/c1-2-36-23(32)5-3-4-18-7-6-16(15-30)12-22(18)31-24(33)21-14-25(21)11-10-17-8-9-19(13-20(17)25)37-38(34,35)26(27,28)29/h6-9,12-13,21H,2-5,10-11,14H2,1H3,(H,31,33). The minimum absolute atomic E-state index is 0.207. The van der Waals surface area contributed by atoms with Gasteiger partial charge < -0.3 is 14.2 Å². The van der Waals surface area contributed by atoms with E-state index < -0.39 is 32.7 Å². The highest BCUT2D eigenvalue weighted by atomic mass is 32.2. The van der Waals surface area contributed by atoms with E-state index >= 15 is 0 Å². The van der Waals surface area contributed by atoms with Crippen LogP contribution in [0.2, 0.25) is 0 Å². The zero-order valence-electron chi connectivity index (χ0n) is 20.4. The van der Waals surface area contributed by atoms with Crippen LogP contribution in [-0.4, -0.2) is 32.4 Å². The van der Waals surface area contributed by atoms with Crippen LogP contribution in [0.5, 0.6) is 5.75 Å². The Morgan fingerprint density at radius 2 is 1.97 bits per heavy atom. The SMILES string of the molecule is CCOC(=O)CCCc1ccc(C#N)cc1NC(=O)C1CC12CCc1ccc(OS(=O)(=O)C(F)(F)F)cc12. The summed E-state index contributed by atoms with van der Waals surface area (Å²) in [5.74, 6) is -1.58. The van der Waals surface area contributed by atoms with E-state index in [-0.39, 0.29) is 24.9 Å². The van der Waals surface area contributed by atoms with Gasteiger partial charge in [0, 0.05) is 23.4 Å². The third kappa shape index (κ3) is 5.48. The summed E-state index contributed by atoms with van der Waals surface area (Å²) >= 11 is 0. The Morgan fingerprint density at radius 3 is 2.66 bits per heavy atom. The minimum atomic E-state index is -5.82. The summed E-state index contributed by atoms with van der Waals surface area (Å²) in [5, 5.41) is 12.2. The Bertz CT molecular complexity index is 1420. The van der Waals surface area contributed by atoms with Gasteiger partial charge in [0.15, 0.2) is 0 Å². The Balaban J connectivity index is 1.50. The van der Waals surface area contributed by atoms with Gasteiger partial charge in [0.05, 0.1) is 18.2 Å². The van der Waals surface area contributed by atoms with Crippen molar-refractivity contribution >= 4 is 27.7 Å². The molecule has 0 bridgehead atoms. The van der Waals surface area contributed by atoms with Gasteiger partial charge in [-0.25, -0.2) is 0 Å². The van der Waals surface area contributed by atoms with E-state index in [1.165, 1.54) is 18.2 Å². The van der Waals surface area contributed by atoms with Gasteiger partial charge in [-0.3, -0.25) is 9.59 Å². The number of amides is 1. The van der Waals surface area contributed by atoms with Crippen LogP contribution in [-0.2, 0) is 42.7 Å². The van der Waals surface area contributed by atoms with E-state index in [9.17, 15) is 36.4 Å². The van der Waals surface area contributed by atoms with Crippen LogP contribution in [0.1, 0.15) is 54.9 Å². The van der Waals surface area contributed by atoms with Gasteiger partial charge >= 0.3 is 21.6 Å². The second-order valence-corrected chi connectivity index (χ2v) is 10.9. The fourth-order valence-corrected chi connectivity index (χ4v) is 5.49. The Kier molecular flexibility index (Phi) is 7.43. The molecule has 2 aromatic carbocycles. The molecule has 0 radical (unpaired) electrons.